The highest BCUT2D eigenvalue weighted by molar-refractivity contribution is 6.44. The minimum Gasteiger partial charge on any atom is -0.484 e. The molecule has 0 amide bonds. The van der Waals surface area contributed by atoms with Gasteiger partial charge in [0.15, 0.2) is 5.78 Å². The zero-order valence-corrected chi connectivity index (χ0v) is 14.4. The number of nitrogens with two attached hydrogens (primary N) is 1. The highest BCUT2D eigenvalue weighted by atomic mass is 35.5. The number of benzene rings is 1. The molecule has 0 saturated carbocycles. The highest BCUT2D eigenvalue weighted by Gasteiger charge is 2.44. The maximum Gasteiger partial charge on any atom is 0.156 e. The standard InChI is InChI=1S/C17H18Cl2N2O2/c1-2-17-4-3-10(22)6-11(17)14-9(7-17)5-12(15(18)16(14)19)23-8-13(20)21/h5-6H,2-4,7-8H2,1H3,(H3,20,21). The van der Waals surface area contributed by atoms with Gasteiger partial charge in [0, 0.05) is 17.4 Å². The van der Waals surface area contributed by atoms with E-state index in [0.29, 0.717) is 22.2 Å². The molecule has 1 atom stereocenters. The second kappa shape index (κ2) is 5.84. The van der Waals surface area contributed by atoms with Gasteiger partial charge in [-0.2, -0.15) is 0 Å². The molecule has 1 aromatic rings. The van der Waals surface area contributed by atoms with E-state index in [1.165, 1.54) is 0 Å². The van der Waals surface area contributed by atoms with Crippen molar-refractivity contribution >= 4 is 40.4 Å². The molecule has 4 nitrogen and oxygen atoms in total. The van der Waals surface area contributed by atoms with Crippen LogP contribution in [0.5, 0.6) is 5.75 Å². The summed E-state index contributed by atoms with van der Waals surface area (Å²) in [5, 5.41) is 7.98. The van der Waals surface area contributed by atoms with Crippen LogP contribution in [0.4, 0.5) is 0 Å². The lowest BCUT2D eigenvalue weighted by Crippen LogP contribution is -2.24. The first-order chi connectivity index (χ1) is 10.9. The van der Waals surface area contributed by atoms with Crippen LogP contribution in [0.15, 0.2) is 12.1 Å². The second-order valence-corrected chi connectivity index (χ2v) is 6.94. The number of halogens is 2. The Kier molecular flexibility index (Phi) is 4.15. The van der Waals surface area contributed by atoms with E-state index in [1.807, 2.05) is 6.07 Å². The molecular weight excluding hydrogens is 335 g/mol. The van der Waals surface area contributed by atoms with Gasteiger partial charge < -0.3 is 10.5 Å². The number of hydrogen-bond acceptors (Lipinski definition) is 3. The van der Waals surface area contributed by atoms with Crippen LogP contribution in [0, 0.1) is 10.8 Å². The fourth-order valence-electron chi connectivity index (χ4n) is 3.60. The van der Waals surface area contributed by atoms with Crippen LogP contribution in [0.3, 0.4) is 0 Å². The zero-order valence-electron chi connectivity index (χ0n) is 12.8. The van der Waals surface area contributed by atoms with Crippen LogP contribution < -0.4 is 10.5 Å². The van der Waals surface area contributed by atoms with Gasteiger partial charge in [0.25, 0.3) is 0 Å². The first-order valence-corrected chi connectivity index (χ1v) is 8.35. The van der Waals surface area contributed by atoms with Gasteiger partial charge in [-0.25, -0.2) is 0 Å². The maximum absolute atomic E-state index is 11.9. The number of fused-ring (bicyclic) bond motifs is 3. The predicted molar refractivity (Wildman–Crippen MR) is 92.5 cm³/mol. The maximum atomic E-state index is 11.9. The number of carbonyl (C=O) groups is 1. The van der Waals surface area contributed by atoms with Crippen LogP contribution in [-0.4, -0.2) is 18.2 Å². The third kappa shape index (κ3) is 2.64. The molecule has 0 saturated heterocycles. The fraction of sp³-hybridized carbons (Fsp3) is 0.412. The molecule has 6 heteroatoms. The van der Waals surface area contributed by atoms with Crippen LogP contribution >= 0.6 is 23.2 Å². The monoisotopic (exact) mass is 352 g/mol. The summed E-state index contributed by atoms with van der Waals surface area (Å²) in [5.41, 5.74) is 8.22. The van der Waals surface area contributed by atoms with Crippen LogP contribution in [-0.2, 0) is 11.2 Å². The second-order valence-electron chi connectivity index (χ2n) is 6.19. The average molecular weight is 353 g/mol. The molecule has 0 fully saturated rings. The van der Waals surface area contributed by atoms with E-state index < -0.39 is 0 Å². The van der Waals surface area contributed by atoms with Gasteiger partial charge in [-0.15, -0.1) is 0 Å². The molecule has 2 aliphatic rings. The lowest BCUT2D eigenvalue weighted by atomic mass is 9.71. The van der Waals surface area contributed by atoms with Gasteiger partial charge in [0.1, 0.15) is 23.2 Å². The Balaban J connectivity index is 2.11. The van der Waals surface area contributed by atoms with Crippen molar-refractivity contribution in [2.24, 2.45) is 11.1 Å². The Labute approximate surface area is 145 Å². The summed E-state index contributed by atoms with van der Waals surface area (Å²) in [6.07, 6.45) is 4.91. The number of carbonyl (C=O) groups excluding carboxylic acids is 1. The quantitative estimate of drug-likeness (QED) is 0.634. The van der Waals surface area contributed by atoms with Crippen LogP contribution in [0.25, 0.3) is 5.57 Å². The SMILES string of the molecule is CCC12CCC(=O)C=C1c1c(cc(OCC(=N)N)c(Cl)c1Cl)C2. The van der Waals surface area contributed by atoms with Gasteiger partial charge in [-0.3, -0.25) is 10.2 Å². The van der Waals surface area contributed by atoms with Gasteiger partial charge in [-0.05, 0) is 42.5 Å². The molecule has 122 valence electrons. The summed E-state index contributed by atoms with van der Waals surface area (Å²) in [6, 6.07) is 1.87. The van der Waals surface area contributed by atoms with E-state index in [9.17, 15) is 4.79 Å². The molecule has 0 bridgehead atoms. The Morgan fingerprint density at radius 1 is 1.43 bits per heavy atom. The first-order valence-electron chi connectivity index (χ1n) is 7.60. The molecular formula is C17H18Cl2N2O2. The van der Waals surface area contributed by atoms with E-state index in [4.69, 9.17) is 39.1 Å². The average Bonchev–Trinajstić information content (AvgIpc) is 2.83. The number of allylic oxidation sites excluding steroid dienone is 2. The normalized spacial score (nSPS) is 22.4. The van der Waals surface area contributed by atoms with Crippen molar-refractivity contribution in [2.45, 2.75) is 32.6 Å². The first kappa shape index (κ1) is 16.3. The summed E-state index contributed by atoms with van der Waals surface area (Å²) in [4.78, 5) is 11.9. The zero-order chi connectivity index (χ0) is 16.8. The number of hydrogen-bond donors (Lipinski definition) is 2. The van der Waals surface area contributed by atoms with Crippen molar-refractivity contribution in [2.75, 3.05) is 6.61 Å². The van der Waals surface area contributed by atoms with Gasteiger partial charge in [0.05, 0.1) is 5.02 Å². The lowest BCUT2D eigenvalue weighted by molar-refractivity contribution is -0.115. The van der Waals surface area contributed by atoms with E-state index in [0.717, 1.165) is 36.0 Å². The van der Waals surface area contributed by atoms with Crippen LogP contribution in [0.2, 0.25) is 10.0 Å². The molecule has 1 aromatic carbocycles. The molecule has 0 spiro atoms. The van der Waals surface area contributed by atoms with Gasteiger partial charge in [0.2, 0.25) is 0 Å². The Hall–Kier alpha value is -1.52. The number of nitrogens with one attached hydrogen (secondary N) is 1. The molecule has 0 aliphatic heterocycles. The van der Waals surface area contributed by atoms with Crippen molar-refractivity contribution in [1.29, 1.82) is 5.41 Å². The van der Waals surface area contributed by atoms with Crippen molar-refractivity contribution in [3.05, 3.63) is 33.3 Å². The smallest absolute Gasteiger partial charge is 0.156 e. The molecule has 2 aliphatic carbocycles. The van der Waals surface area contributed by atoms with Gasteiger partial charge >= 0.3 is 0 Å². The Bertz CT molecular complexity index is 743. The minimum absolute atomic E-state index is 0.0328. The number of rotatable bonds is 4. The molecule has 23 heavy (non-hydrogen) atoms. The van der Waals surface area contributed by atoms with E-state index in [1.54, 1.807) is 6.08 Å². The molecule has 1 unspecified atom stereocenters. The number of ketones is 1. The van der Waals surface area contributed by atoms with E-state index >= 15 is 0 Å². The topological polar surface area (TPSA) is 76.2 Å². The van der Waals surface area contributed by atoms with Gasteiger partial charge in [-0.1, -0.05) is 30.1 Å². The Morgan fingerprint density at radius 2 is 2.17 bits per heavy atom. The van der Waals surface area contributed by atoms with E-state index in [-0.39, 0.29) is 23.6 Å². The highest BCUT2D eigenvalue weighted by Crippen LogP contribution is 2.57. The number of amidine groups is 1. The predicted octanol–water partition coefficient (Wildman–Crippen LogP) is 4.01. The summed E-state index contributed by atoms with van der Waals surface area (Å²) < 4.78 is 5.49. The van der Waals surface area contributed by atoms with Crippen molar-refractivity contribution < 1.29 is 9.53 Å². The van der Waals surface area contributed by atoms with E-state index in [2.05, 4.69) is 6.92 Å². The summed E-state index contributed by atoms with van der Waals surface area (Å²) >= 11 is 12.8. The lowest BCUT2D eigenvalue weighted by Gasteiger charge is -2.32. The third-order valence-corrected chi connectivity index (χ3v) is 5.69. The van der Waals surface area contributed by atoms with Crippen molar-refractivity contribution in [3.63, 3.8) is 0 Å². The molecule has 0 radical (unpaired) electrons. The summed E-state index contributed by atoms with van der Waals surface area (Å²) in [7, 11) is 0. The third-order valence-electron chi connectivity index (χ3n) is 4.84. The Morgan fingerprint density at radius 3 is 2.83 bits per heavy atom. The van der Waals surface area contributed by atoms with Crippen molar-refractivity contribution in [3.8, 4) is 5.75 Å². The summed E-state index contributed by atoms with van der Waals surface area (Å²) in [6.45, 7) is 2.10. The largest absolute Gasteiger partial charge is 0.484 e. The molecule has 0 aromatic heterocycles. The van der Waals surface area contributed by atoms with Crippen molar-refractivity contribution in [1.82, 2.24) is 0 Å². The fourth-order valence-corrected chi connectivity index (χ4v) is 4.12. The molecule has 3 rings (SSSR count). The van der Waals surface area contributed by atoms with Crippen LogP contribution in [0.1, 0.15) is 37.3 Å². The number of ether oxygens (including phenoxy) is 1. The molecule has 0 heterocycles. The summed E-state index contributed by atoms with van der Waals surface area (Å²) in [5.74, 6) is 0.494. The molecule has 3 N–H and O–H groups in total. The minimum atomic E-state index is -0.0790.